The SMILES string of the molecule is CC(C)S(=O)(=O)CCCCCC(=O)Cc1ccc2ncsc2c1. The number of hydrogen-bond donors (Lipinski definition) is 0. The van der Waals surface area contributed by atoms with Crippen molar-refractivity contribution in [1.82, 2.24) is 4.98 Å². The fraction of sp³-hybridized carbons (Fsp3) is 0.529. The minimum absolute atomic E-state index is 0.209. The molecule has 0 radical (unpaired) electrons. The van der Waals surface area contributed by atoms with Crippen molar-refractivity contribution in [3.05, 3.63) is 29.3 Å². The van der Waals surface area contributed by atoms with E-state index in [4.69, 9.17) is 0 Å². The number of unbranched alkanes of at least 4 members (excludes halogenated alkanes) is 2. The highest BCUT2D eigenvalue weighted by atomic mass is 32.2. The molecular weight excluding hydrogens is 330 g/mol. The monoisotopic (exact) mass is 353 g/mol. The number of nitrogens with zero attached hydrogens (tertiary/aromatic N) is 1. The van der Waals surface area contributed by atoms with Gasteiger partial charge in [0.15, 0.2) is 9.84 Å². The normalized spacial score (nSPS) is 12.1. The summed E-state index contributed by atoms with van der Waals surface area (Å²) in [7, 11) is -2.95. The van der Waals surface area contributed by atoms with Crippen LogP contribution in [0.4, 0.5) is 0 Å². The standard InChI is InChI=1S/C17H23NO3S2/c1-13(2)23(20,21)9-5-3-4-6-15(19)10-14-7-8-16-17(11-14)22-12-18-16/h7-8,11-13H,3-6,9-10H2,1-2H3. The average molecular weight is 354 g/mol. The van der Waals surface area contributed by atoms with Gasteiger partial charge in [-0.1, -0.05) is 12.5 Å². The third kappa shape index (κ3) is 5.39. The molecule has 0 N–H and O–H groups in total. The molecule has 6 heteroatoms. The Bertz CT molecular complexity index is 763. The number of benzene rings is 1. The summed E-state index contributed by atoms with van der Waals surface area (Å²) in [5.41, 5.74) is 3.80. The van der Waals surface area contributed by atoms with Crippen LogP contribution in [0.2, 0.25) is 0 Å². The summed E-state index contributed by atoms with van der Waals surface area (Å²) in [5, 5.41) is -0.314. The van der Waals surface area contributed by atoms with Crippen molar-refractivity contribution >= 4 is 37.2 Å². The lowest BCUT2D eigenvalue weighted by Crippen LogP contribution is -2.17. The van der Waals surface area contributed by atoms with E-state index >= 15 is 0 Å². The molecule has 0 amide bonds. The molecule has 0 saturated carbocycles. The van der Waals surface area contributed by atoms with Crippen LogP contribution in [0.1, 0.15) is 45.1 Å². The Balaban J connectivity index is 1.71. The lowest BCUT2D eigenvalue weighted by atomic mass is 10.0. The number of aromatic nitrogens is 1. The highest BCUT2D eigenvalue weighted by Crippen LogP contribution is 2.20. The topological polar surface area (TPSA) is 64.1 Å². The maximum atomic E-state index is 12.0. The Labute approximate surface area is 141 Å². The van der Waals surface area contributed by atoms with E-state index in [1.54, 1.807) is 25.2 Å². The molecule has 0 atom stereocenters. The van der Waals surface area contributed by atoms with E-state index < -0.39 is 9.84 Å². The van der Waals surface area contributed by atoms with Gasteiger partial charge in [0.1, 0.15) is 5.78 Å². The number of rotatable bonds is 9. The number of Topliss-reactive ketones (excluding diaryl/α,β-unsaturated/α-hetero) is 1. The van der Waals surface area contributed by atoms with E-state index in [1.807, 2.05) is 23.7 Å². The van der Waals surface area contributed by atoms with Crippen LogP contribution in [-0.4, -0.2) is 30.2 Å². The van der Waals surface area contributed by atoms with Crippen molar-refractivity contribution in [1.29, 1.82) is 0 Å². The minimum Gasteiger partial charge on any atom is -0.299 e. The Morgan fingerprint density at radius 2 is 2.00 bits per heavy atom. The van der Waals surface area contributed by atoms with Crippen LogP contribution in [0, 0.1) is 0 Å². The number of thiazole rings is 1. The number of sulfone groups is 1. The van der Waals surface area contributed by atoms with Crippen molar-refractivity contribution in [3.63, 3.8) is 0 Å². The van der Waals surface area contributed by atoms with Crippen LogP contribution in [-0.2, 0) is 21.1 Å². The summed E-state index contributed by atoms with van der Waals surface area (Å²) >= 11 is 1.58. The first-order chi connectivity index (χ1) is 10.9. The van der Waals surface area contributed by atoms with E-state index in [9.17, 15) is 13.2 Å². The number of carbonyl (C=O) groups is 1. The second-order valence-electron chi connectivity index (χ2n) is 6.10. The van der Waals surface area contributed by atoms with Crippen LogP contribution < -0.4 is 0 Å². The average Bonchev–Trinajstić information content (AvgIpc) is 2.94. The molecular formula is C17H23NO3S2. The Kier molecular flexibility index (Phi) is 6.30. The van der Waals surface area contributed by atoms with Crippen LogP contribution >= 0.6 is 11.3 Å². The Hall–Kier alpha value is -1.27. The molecule has 1 aromatic carbocycles. The number of fused-ring (bicyclic) bond motifs is 1. The molecule has 2 aromatic rings. The highest BCUT2D eigenvalue weighted by Gasteiger charge is 2.15. The molecule has 2 rings (SSSR count). The molecule has 0 aliphatic carbocycles. The molecule has 4 nitrogen and oxygen atoms in total. The first kappa shape index (κ1) is 18.1. The molecule has 0 aliphatic heterocycles. The van der Waals surface area contributed by atoms with Gasteiger partial charge >= 0.3 is 0 Å². The molecule has 0 spiro atoms. The van der Waals surface area contributed by atoms with Crippen LogP contribution in [0.5, 0.6) is 0 Å². The lowest BCUT2D eigenvalue weighted by molar-refractivity contribution is -0.118. The van der Waals surface area contributed by atoms with Gasteiger partial charge in [-0.2, -0.15) is 0 Å². The smallest absolute Gasteiger partial charge is 0.152 e. The van der Waals surface area contributed by atoms with Crippen molar-refractivity contribution in [2.75, 3.05) is 5.75 Å². The molecule has 126 valence electrons. The van der Waals surface area contributed by atoms with Crippen LogP contribution in [0.15, 0.2) is 23.7 Å². The van der Waals surface area contributed by atoms with Crippen molar-refractivity contribution in [3.8, 4) is 0 Å². The van der Waals surface area contributed by atoms with Gasteiger partial charge in [-0.15, -0.1) is 11.3 Å². The fourth-order valence-corrected chi connectivity index (χ4v) is 4.18. The molecule has 1 heterocycles. The molecule has 0 fully saturated rings. The van der Waals surface area contributed by atoms with E-state index in [2.05, 4.69) is 4.98 Å². The predicted octanol–water partition coefficient (Wildman–Crippen LogP) is 3.79. The third-order valence-electron chi connectivity index (χ3n) is 3.90. The molecule has 1 aromatic heterocycles. The van der Waals surface area contributed by atoms with Crippen molar-refractivity contribution in [2.45, 2.75) is 51.2 Å². The van der Waals surface area contributed by atoms with Crippen molar-refractivity contribution in [2.24, 2.45) is 0 Å². The molecule has 0 aliphatic rings. The van der Waals surface area contributed by atoms with E-state index in [0.29, 0.717) is 19.3 Å². The lowest BCUT2D eigenvalue weighted by Gasteiger charge is -2.07. The summed E-state index contributed by atoms with van der Waals surface area (Å²) in [6.07, 6.45) is 3.14. The highest BCUT2D eigenvalue weighted by molar-refractivity contribution is 7.91. The molecule has 0 unspecified atom stereocenters. The predicted molar refractivity (Wildman–Crippen MR) is 95.7 cm³/mol. The number of carbonyl (C=O) groups excluding carboxylic acids is 1. The third-order valence-corrected chi connectivity index (χ3v) is 6.99. The van der Waals surface area contributed by atoms with Gasteiger partial charge in [0.2, 0.25) is 0 Å². The maximum absolute atomic E-state index is 12.0. The van der Waals surface area contributed by atoms with Crippen LogP contribution in [0.25, 0.3) is 10.2 Å². The van der Waals surface area contributed by atoms with E-state index in [-0.39, 0.29) is 16.8 Å². The Morgan fingerprint density at radius 1 is 1.22 bits per heavy atom. The zero-order chi connectivity index (χ0) is 16.9. The van der Waals surface area contributed by atoms with Crippen molar-refractivity contribution < 1.29 is 13.2 Å². The van der Waals surface area contributed by atoms with Crippen LogP contribution in [0.3, 0.4) is 0 Å². The quantitative estimate of drug-likeness (QED) is 0.643. The zero-order valence-corrected chi connectivity index (χ0v) is 15.3. The maximum Gasteiger partial charge on any atom is 0.152 e. The van der Waals surface area contributed by atoms with Gasteiger partial charge in [0, 0.05) is 12.8 Å². The minimum atomic E-state index is -2.95. The summed E-state index contributed by atoms with van der Waals surface area (Å²) in [6.45, 7) is 3.41. The molecule has 0 bridgehead atoms. The number of ketones is 1. The van der Waals surface area contributed by atoms with Gasteiger partial charge in [-0.05, 0) is 44.4 Å². The second kappa shape index (κ2) is 8.02. The molecule has 23 heavy (non-hydrogen) atoms. The van der Waals surface area contributed by atoms with Gasteiger partial charge in [-0.25, -0.2) is 13.4 Å². The Morgan fingerprint density at radius 3 is 2.74 bits per heavy atom. The van der Waals surface area contributed by atoms with E-state index in [0.717, 1.165) is 28.6 Å². The largest absolute Gasteiger partial charge is 0.299 e. The summed E-state index contributed by atoms with van der Waals surface area (Å²) in [4.78, 5) is 16.3. The van der Waals surface area contributed by atoms with E-state index in [1.165, 1.54) is 0 Å². The first-order valence-corrected chi connectivity index (χ1v) is 10.5. The zero-order valence-electron chi connectivity index (χ0n) is 13.6. The second-order valence-corrected chi connectivity index (χ2v) is 9.66. The number of hydrogen-bond acceptors (Lipinski definition) is 5. The van der Waals surface area contributed by atoms with Gasteiger partial charge in [-0.3, -0.25) is 4.79 Å². The fourth-order valence-electron chi connectivity index (χ4n) is 2.36. The molecule has 0 saturated heterocycles. The summed E-state index contributed by atoms with van der Waals surface area (Å²) in [6, 6.07) is 5.93. The first-order valence-electron chi connectivity index (χ1n) is 7.94. The van der Waals surface area contributed by atoms with Gasteiger partial charge < -0.3 is 0 Å². The van der Waals surface area contributed by atoms with Gasteiger partial charge in [0.05, 0.1) is 26.7 Å². The summed E-state index contributed by atoms with van der Waals surface area (Å²) in [5.74, 6) is 0.432. The van der Waals surface area contributed by atoms with Gasteiger partial charge in [0.25, 0.3) is 0 Å². The summed E-state index contributed by atoms with van der Waals surface area (Å²) < 4.78 is 24.5.